The van der Waals surface area contributed by atoms with Crippen molar-refractivity contribution in [2.24, 2.45) is 5.92 Å². The van der Waals surface area contributed by atoms with Crippen LogP contribution in [0.15, 0.2) is 23.2 Å². The van der Waals surface area contributed by atoms with Crippen molar-refractivity contribution >= 4 is 15.8 Å². The fourth-order valence-corrected chi connectivity index (χ4v) is 2.71. The molecule has 0 amide bonds. The molecule has 0 aliphatic rings. The number of nitrogens with zero attached hydrogens (tertiary/aromatic N) is 1. The summed E-state index contributed by atoms with van der Waals surface area (Å²) in [6.07, 6.45) is 1.48. The van der Waals surface area contributed by atoms with Crippen LogP contribution in [0.2, 0.25) is 0 Å². The Morgan fingerprint density at radius 1 is 1.47 bits per heavy atom. The van der Waals surface area contributed by atoms with Crippen molar-refractivity contribution in [3.05, 3.63) is 18.3 Å². The second-order valence-corrected chi connectivity index (χ2v) is 6.09. The minimum atomic E-state index is -3.50. The Hall–Kier alpha value is -1.18. The van der Waals surface area contributed by atoms with Gasteiger partial charge in [-0.15, -0.1) is 0 Å². The van der Waals surface area contributed by atoms with Crippen LogP contribution in [0.1, 0.15) is 13.8 Å². The van der Waals surface area contributed by atoms with Gasteiger partial charge in [-0.2, -0.15) is 0 Å². The maximum Gasteiger partial charge on any atom is 0.240 e. The number of rotatable bonds is 8. The highest BCUT2D eigenvalue weighted by molar-refractivity contribution is 7.89. The standard InChI is InChI=1S/C12H21N3O3S/c1-4-13-12-7-11(5-6-14-12)19(16,17)15-8-10(2)9-18-3/h5-7,10,15H,4,8-9H2,1-3H3,(H,13,14). The molecule has 0 bridgehead atoms. The lowest BCUT2D eigenvalue weighted by atomic mass is 10.2. The number of hydrogen-bond acceptors (Lipinski definition) is 5. The Bertz CT molecular complexity index is 491. The van der Waals surface area contributed by atoms with E-state index < -0.39 is 10.0 Å². The summed E-state index contributed by atoms with van der Waals surface area (Å²) in [4.78, 5) is 4.26. The Labute approximate surface area is 114 Å². The van der Waals surface area contributed by atoms with Crippen molar-refractivity contribution in [3.8, 4) is 0 Å². The summed E-state index contributed by atoms with van der Waals surface area (Å²) in [5.74, 6) is 0.671. The van der Waals surface area contributed by atoms with Crippen LogP contribution in [0.3, 0.4) is 0 Å². The van der Waals surface area contributed by atoms with E-state index in [9.17, 15) is 8.42 Å². The van der Waals surface area contributed by atoms with Gasteiger partial charge in [0, 0.05) is 39.1 Å². The smallest absolute Gasteiger partial charge is 0.240 e. The molecule has 6 nitrogen and oxygen atoms in total. The van der Waals surface area contributed by atoms with Crippen LogP contribution in [0.4, 0.5) is 5.82 Å². The number of methoxy groups -OCH3 is 1. The van der Waals surface area contributed by atoms with E-state index in [4.69, 9.17) is 4.74 Å². The van der Waals surface area contributed by atoms with E-state index >= 15 is 0 Å². The average Bonchev–Trinajstić information content (AvgIpc) is 2.38. The molecule has 0 spiro atoms. The van der Waals surface area contributed by atoms with E-state index in [2.05, 4.69) is 15.0 Å². The first kappa shape index (κ1) is 15.9. The third-order valence-corrected chi connectivity index (χ3v) is 3.89. The van der Waals surface area contributed by atoms with Gasteiger partial charge in [0.2, 0.25) is 10.0 Å². The number of sulfonamides is 1. The third-order valence-electron chi connectivity index (χ3n) is 2.47. The predicted octanol–water partition coefficient (Wildman–Crippen LogP) is 1.07. The van der Waals surface area contributed by atoms with Crippen LogP contribution < -0.4 is 10.0 Å². The van der Waals surface area contributed by atoms with Crippen LogP contribution in [0.5, 0.6) is 0 Å². The van der Waals surface area contributed by atoms with Crippen LogP contribution in [0.25, 0.3) is 0 Å². The summed E-state index contributed by atoms with van der Waals surface area (Å²) in [5.41, 5.74) is 0. The predicted molar refractivity (Wildman–Crippen MR) is 74.6 cm³/mol. The van der Waals surface area contributed by atoms with Crippen molar-refractivity contribution in [1.29, 1.82) is 0 Å². The largest absolute Gasteiger partial charge is 0.384 e. The fourth-order valence-electron chi connectivity index (χ4n) is 1.53. The zero-order valence-electron chi connectivity index (χ0n) is 11.5. The SMILES string of the molecule is CCNc1cc(S(=O)(=O)NCC(C)COC)ccn1. The summed E-state index contributed by atoms with van der Waals surface area (Å²) in [6.45, 7) is 5.39. The molecule has 108 valence electrons. The van der Waals surface area contributed by atoms with Crippen LogP contribution >= 0.6 is 0 Å². The van der Waals surface area contributed by atoms with Crippen molar-refractivity contribution < 1.29 is 13.2 Å². The number of nitrogens with one attached hydrogen (secondary N) is 2. The van der Waals surface area contributed by atoms with E-state index in [1.54, 1.807) is 7.11 Å². The lowest BCUT2D eigenvalue weighted by Crippen LogP contribution is -2.30. The summed E-state index contributed by atoms with van der Waals surface area (Å²) >= 11 is 0. The summed E-state index contributed by atoms with van der Waals surface area (Å²) in [6, 6.07) is 3.00. The zero-order chi connectivity index (χ0) is 14.3. The maximum absolute atomic E-state index is 12.1. The molecule has 1 heterocycles. The van der Waals surface area contributed by atoms with Gasteiger partial charge in [0.15, 0.2) is 0 Å². The molecule has 1 aromatic rings. The molecule has 0 radical (unpaired) electrons. The number of pyridine rings is 1. The molecule has 0 aromatic carbocycles. The number of hydrogen-bond donors (Lipinski definition) is 2. The average molecular weight is 287 g/mol. The minimum absolute atomic E-state index is 0.120. The van der Waals surface area contributed by atoms with Gasteiger partial charge in [-0.25, -0.2) is 18.1 Å². The lowest BCUT2D eigenvalue weighted by Gasteiger charge is -2.12. The quantitative estimate of drug-likeness (QED) is 0.747. The Kier molecular flexibility index (Phi) is 6.20. The molecule has 0 saturated carbocycles. The van der Waals surface area contributed by atoms with Gasteiger partial charge >= 0.3 is 0 Å². The van der Waals surface area contributed by atoms with Gasteiger partial charge < -0.3 is 10.1 Å². The molecule has 1 atom stereocenters. The van der Waals surface area contributed by atoms with Gasteiger partial charge in [0.05, 0.1) is 4.90 Å². The maximum atomic E-state index is 12.1. The van der Waals surface area contributed by atoms with Crippen molar-refractivity contribution in [1.82, 2.24) is 9.71 Å². The molecule has 2 N–H and O–H groups in total. The monoisotopic (exact) mass is 287 g/mol. The van der Waals surface area contributed by atoms with Gasteiger partial charge in [0.25, 0.3) is 0 Å². The molecule has 0 aliphatic carbocycles. The first-order valence-electron chi connectivity index (χ1n) is 6.18. The highest BCUT2D eigenvalue weighted by Crippen LogP contribution is 2.12. The summed E-state index contributed by atoms with van der Waals surface area (Å²) < 4.78 is 31.7. The van der Waals surface area contributed by atoms with E-state index in [0.29, 0.717) is 25.5 Å². The topological polar surface area (TPSA) is 80.3 Å². The summed E-state index contributed by atoms with van der Waals surface area (Å²) in [7, 11) is -1.91. The van der Waals surface area contributed by atoms with E-state index in [1.807, 2.05) is 13.8 Å². The molecule has 19 heavy (non-hydrogen) atoms. The Morgan fingerprint density at radius 3 is 2.84 bits per heavy atom. The number of aromatic nitrogens is 1. The van der Waals surface area contributed by atoms with Crippen LogP contribution in [-0.2, 0) is 14.8 Å². The van der Waals surface area contributed by atoms with Gasteiger partial charge in [-0.05, 0) is 18.9 Å². The molecule has 7 heteroatoms. The Balaban J connectivity index is 2.74. The molecular formula is C12H21N3O3S. The highest BCUT2D eigenvalue weighted by atomic mass is 32.2. The molecule has 0 saturated heterocycles. The van der Waals surface area contributed by atoms with Crippen molar-refractivity contribution in [2.45, 2.75) is 18.7 Å². The van der Waals surface area contributed by atoms with Gasteiger partial charge in [-0.3, -0.25) is 0 Å². The normalized spacial score (nSPS) is 13.2. The second-order valence-electron chi connectivity index (χ2n) is 4.32. The molecule has 1 aromatic heterocycles. The number of anilines is 1. The second kappa shape index (κ2) is 7.42. The highest BCUT2D eigenvalue weighted by Gasteiger charge is 2.15. The van der Waals surface area contributed by atoms with Crippen molar-refractivity contribution in [2.75, 3.05) is 32.1 Å². The first-order chi connectivity index (χ1) is 8.99. The van der Waals surface area contributed by atoms with Gasteiger partial charge in [-0.1, -0.05) is 6.92 Å². The molecular weight excluding hydrogens is 266 g/mol. The zero-order valence-corrected chi connectivity index (χ0v) is 12.3. The minimum Gasteiger partial charge on any atom is -0.384 e. The van der Waals surface area contributed by atoms with E-state index in [1.165, 1.54) is 18.3 Å². The molecule has 1 rings (SSSR count). The van der Waals surface area contributed by atoms with Crippen molar-refractivity contribution in [3.63, 3.8) is 0 Å². The first-order valence-corrected chi connectivity index (χ1v) is 7.66. The number of ether oxygens (including phenoxy) is 1. The van der Waals surface area contributed by atoms with Crippen LogP contribution in [-0.4, -0.2) is 40.2 Å². The molecule has 0 fully saturated rings. The van der Waals surface area contributed by atoms with E-state index in [0.717, 1.165) is 0 Å². The lowest BCUT2D eigenvalue weighted by molar-refractivity contribution is 0.161. The Morgan fingerprint density at radius 2 is 2.21 bits per heavy atom. The molecule has 0 aliphatic heterocycles. The van der Waals surface area contributed by atoms with Gasteiger partial charge in [0.1, 0.15) is 5.82 Å². The summed E-state index contributed by atoms with van der Waals surface area (Å²) in [5, 5.41) is 2.98. The van der Waals surface area contributed by atoms with Crippen LogP contribution in [0, 0.1) is 5.92 Å². The third kappa shape index (κ3) is 5.14. The van der Waals surface area contributed by atoms with E-state index in [-0.39, 0.29) is 10.8 Å². The fraction of sp³-hybridized carbons (Fsp3) is 0.583. The molecule has 1 unspecified atom stereocenters.